The van der Waals surface area contributed by atoms with Crippen molar-refractivity contribution in [3.8, 4) is 5.69 Å². The van der Waals surface area contributed by atoms with Gasteiger partial charge < -0.3 is 10.1 Å². The first kappa shape index (κ1) is 21.9. The van der Waals surface area contributed by atoms with Gasteiger partial charge in [0.05, 0.1) is 23.6 Å². The lowest BCUT2D eigenvalue weighted by molar-refractivity contribution is 0.0526. The summed E-state index contributed by atoms with van der Waals surface area (Å²) in [6, 6.07) is 16.7. The standard InChI is InChI=1S/C25H22N4O4/c1-4-33-24(32)18-5-9-19(10-6-18)27-25-26-15(2)21-13-14-22(31)29(23(21)28-25)20-11-7-17(8-12-20)16(3)30/h5-14H,4H2,1-3H3,(H,26,27,28). The highest BCUT2D eigenvalue weighted by atomic mass is 16.5. The first-order valence-electron chi connectivity index (χ1n) is 10.4. The molecule has 0 atom stereocenters. The van der Waals surface area contributed by atoms with Crippen molar-refractivity contribution in [2.45, 2.75) is 20.8 Å². The number of aromatic nitrogens is 3. The second-order valence-electron chi connectivity index (χ2n) is 7.40. The summed E-state index contributed by atoms with van der Waals surface area (Å²) in [6.45, 7) is 5.40. The molecule has 0 unspecified atom stereocenters. The first-order chi connectivity index (χ1) is 15.9. The van der Waals surface area contributed by atoms with Crippen LogP contribution in [0.4, 0.5) is 11.6 Å². The van der Waals surface area contributed by atoms with E-state index in [1.165, 1.54) is 17.6 Å². The fourth-order valence-electron chi connectivity index (χ4n) is 3.45. The number of hydrogen-bond acceptors (Lipinski definition) is 7. The Hall–Kier alpha value is -4.33. The van der Waals surface area contributed by atoms with E-state index in [1.807, 2.05) is 6.92 Å². The smallest absolute Gasteiger partial charge is 0.338 e. The van der Waals surface area contributed by atoms with Crippen molar-refractivity contribution in [2.75, 3.05) is 11.9 Å². The molecule has 166 valence electrons. The summed E-state index contributed by atoms with van der Waals surface area (Å²) >= 11 is 0. The van der Waals surface area contributed by atoms with Gasteiger partial charge >= 0.3 is 5.97 Å². The molecule has 0 aliphatic heterocycles. The van der Waals surface area contributed by atoms with E-state index in [0.29, 0.717) is 46.4 Å². The second-order valence-corrected chi connectivity index (χ2v) is 7.40. The third-order valence-electron chi connectivity index (χ3n) is 5.13. The summed E-state index contributed by atoms with van der Waals surface area (Å²) in [5.74, 6) is -0.129. The van der Waals surface area contributed by atoms with Gasteiger partial charge in [0.15, 0.2) is 11.4 Å². The lowest BCUT2D eigenvalue weighted by Crippen LogP contribution is -2.19. The Morgan fingerprint density at radius 2 is 1.61 bits per heavy atom. The first-order valence-corrected chi connectivity index (χ1v) is 10.4. The van der Waals surface area contributed by atoms with E-state index in [-0.39, 0.29) is 17.3 Å². The minimum Gasteiger partial charge on any atom is -0.462 e. The van der Waals surface area contributed by atoms with Crippen LogP contribution < -0.4 is 10.9 Å². The number of pyridine rings is 1. The van der Waals surface area contributed by atoms with Crippen LogP contribution in [0.1, 0.15) is 40.3 Å². The number of hydrogen-bond donors (Lipinski definition) is 1. The van der Waals surface area contributed by atoms with Crippen LogP contribution in [0.2, 0.25) is 0 Å². The Balaban J connectivity index is 1.74. The van der Waals surface area contributed by atoms with Gasteiger partial charge in [-0.05, 0) is 75.4 Å². The lowest BCUT2D eigenvalue weighted by Gasteiger charge is -2.13. The van der Waals surface area contributed by atoms with Gasteiger partial charge in [-0.25, -0.2) is 9.78 Å². The Kier molecular flexibility index (Phi) is 5.99. The van der Waals surface area contributed by atoms with Gasteiger partial charge in [-0.3, -0.25) is 14.2 Å². The minimum absolute atomic E-state index is 0.0505. The minimum atomic E-state index is -0.387. The Bertz CT molecular complexity index is 1410. The molecule has 4 rings (SSSR count). The van der Waals surface area contributed by atoms with Gasteiger partial charge in [-0.2, -0.15) is 4.98 Å². The highest BCUT2D eigenvalue weighted by Crippen LogP contribution is 2.22. The van der Waals surface area contributed by atoms with Gasteiger partial charge in [-0.15, -0.1) is 0 Å². The molecule has 0 fully saturated rings. The molecular formula is C25H22N4O4. The second kappa shape index (κ2) is 9.04. The van der Waals surface area contributed by atoms with E-state index < -0.39 is 0 Å². The van der Waals surface area contributed by atoms with Crippen LogP contribution in [-0.2, 0) is 4.74 Å². The lowest BCUT2D eigenvalue weighted by atomic mass is 10.1. The van der Waals surface area contributed by atoms with Crippen molar-refractivity contribution in [3.05, 3.63) is 87.8 Å². The molecule has 0 bridgehead atoms. The molecule has 0 saturated carbocycles. The van der Waals surface area contributed by atoms with Crippen LogP contribution in [0.3, 0.4) is 0 Å². The number of nitrogens with one attached hydrogen (secondary N) is 1. The highest BCUT2D eigenvalue weighted by Gasteiger charge is 2.13. The van der Waals surface area contributed by atoms with Gasteiger partial charge in [0.1, 0.15) is 0 Å². The Morgan fingerprint density at radius 1 is 0.939 bits per heavy atom. The van der Waals surface area contributed by atoms with Gasteiger partial charge in [-0.1, -0.05) is 0 Å². The number of carbonyl (C=O) groups excluding carboxylic acids is 2. The fraction of sp³-hybridized carbons (Fsp3) is 0.160. The van der Waals surface area contributed by atoms with E-state index in [4.69, 9.17) is 4.74 Å². The average Bonchev–Trinajstić information content (AvgIpc) is 2.79. The summed E-state index contributed by atoms with van der Waals surface area (Å²) in [7, 11) is 0. The number of fused-ring (bicyclic) bond motifs is 1. The Labute approximate surface area is 189 Å². The van der Waals surface area contributed by atoms with Gasteiger partial charge in [0.2, 0.25) is 5.95 Å². The average molecular weight is 442 g/mol. The van der Waals surface area contributed by atoms with Crippen molar-refractivity contribution in [1.82, 2.24) is 14.5 Å². The molecule has 1 N–H and O–H groups in total. The number of benzene rings is 2. The number of esters is 1. The van der Waals surface area contributed by atoms with Gasteiger partial charge in [0, 0.05) is 22.7 Å². The van der Waals surface area contributed by atoms with E-state index in [0.717, 1.165) is 5.39 Å². The zero-order chi connectivity index (χ0) is 23.5. The maximum absolute atomic E-state index is 12.8. The van der Waals surface area contributed by atoms with E-state index >= 15 is 0 Å². The zero-order valence-corrected chi connectivity index (χ0v) is 18.5. The number of ketones is 1. The van der Waals surface area contributed by atoms with Crippen molar-refractivity contribution >= 4 is 34.4 Å². The summed E-state index contributed by atoms with van der Waals surface area (Å²) in [5.41, 5.74) is 3.17. The highest BCUT2D eigenvalue weighted by molar-refractivity contribution is 5.94. The van der Waals surface area contributed by atoms with Crippen LogP contribution in [0.25, 0.3) is 16.7 Å². The molecule has 8 nitrogen and oxygen atoms in total. The molecular weight excluding hydrogens is 420 g/mol. The molecule has 0 radical (unpaired) electrons. The molecule has 0 aliphatic rings. The molecule has 4 aromatic rings. The Morgan fingerprint density at radius 3 is 2.24 bits per heavy atom. The van der Waals surface area contributed by atoms with E-state index in [9.17, 15) is 14.4 Å². The number of anilines is 2. The maximum Gasteiger partial charge on any atom is 0.338 e. The van der Waals surface area contributed by atoms with Crippen molar-refractivity contribution in [1.29, 1.82) is 0 Å². The molecule has 8 heteroatoms. The summed E-state index contributed by atoms with van der Waals surface area (Å²) in [4.78, 5) is 45.3. The summed E-state index contributed by atoms with van der Waals surface area (Å²) in [5, 5.41) is 3.85. The number of rotatable bonds is 6. The van der Waals surface area contributed by atoms with Crippen LogP contribution in [0.5, 0.6) is 0 Å². The van der Waals surface area contributed by atoms with E-state index in [2.05, 4.69) is 15.3 Å². The number of aryl methyl sites for hydroxylation is 1. The van der Waals surface area contributed by atoms with Crippen LogP contribution in [0, 0.1) is 6.92 Å². The number of ether oxygens (including phenoxy) is 1. The molecule has 0 saturated heterocycles. The molecule has 2 aromatic carbocycles. The molecule has 2 heterocycles. The molecule has 0 amide bonds. The van der Waals surface area contributed by atoms with Crippen LogP contribution in [0.15, 0.2) is 65.5 Å². The fourth-order valence-corrected chi connectivity index (χ4v) is 3.45. The predicted octanol–water partition coefficient (Wildman–Crippen LogP) is 4.21. The predicted molar refractivity (Wildman–Crippen MR) is 126 cm³/mol. The monoisotopic (exact) mass is 442 g/mol. The molecule has 2 aromatic heterocycles. The normalized spacial score (nSPS) is 10.8. The SMILES string of the molecule is CCOC(=O)c1ccc(Nc2nc(C)c3ccc(=O)n(-c4ccc(C(C)=O)cc4)c3n2)cc1. The van der Waals surface area contributed by atoms with Crippen LogP contribution >= 0.6 is 0 Å². The molecule has 33 heavy (non-hydrogen) atoms. The largest absolute Gasteiger partial charge is 0.462 e. The van der Waals surface area contributed by atoms with Crippen molar-refractivity contribution in [3.63, 3.8) is 0 Å². The quantitative estimate of drug-likeness (QED) is 0.352. The molecule has 0 aliphatic carbocycles. The third kappa shape index (κ3) is 4.50. The molecule has 0 spiro atoms. The number of Topliss-reactive ketones (excluding diaryl/α,β-unsaturated/α-hetero) is 1. The van der Waals surface area contributed by atoms with Crippen molar-refractivity contribution in [2.24, 2.45) is 0 Å². The maximum atomic E-state index is 12.8. The summed E-state index contributed by atoms with van der Waals surface area (Å²) in [6.07, 6.45) is 0. The third-order valence-corrected chi connectivity index (χ3v) is 5.13. The number of nitrogens with zero attached hydrogens (tertiary/aromatic N) is 3. The number of carbonyl (C=O) groups is 2. The summed E-state index contributed by atoms with van der Waals surface area (Å²) < 4.78 is 6.49. The zero-order valence-electron chi connectivity index (χ0n) is 18.5. The topological polar surface area (TPSA) is 103 Å². The van der Waals surface area contributed by atoms with Crippen LogP contribution in [-0.4, -0.2) is 32.9 Å². The van der Waals surface area contributed by atoms with Crippen molar-refractivity contribution < 1.29 is 14.3 Å². The van der Waals surface area contributed by atoms with Gasteiger partial charge in [0.25, 0.3) is 5.56 Å². The van der Waals surface area contributed by atoms with E-state index in [1.54, 1.807) is 61.5 Å².